The first-order chi connectivity index (χ1) is 32.8. The second-order valence-corrected chi connectivity index (χ2v) is 20.2. The van der Waals surface area contributed by atoms with Crippen molar-refractivity contribution in [3.05, 3.63) is 202 Å². The van der Waals surface area contributed by atoms with Crippen molar-refractivity contribution < 1.29 is 25.3 Å². The molecule has 4 aromatic carbocycles. The van der Waals surface area contributed by atoms with Gasteiger partial charge in [0.15, 0.2) is 0 Å². The smallest absolute Gasteiger partial charge is 0.270 e. The van der Waals surface area contributed by atoms with E-state index in [4.69, 9.17) is 6.57 Å². The van der Waals surface area contributed by atoms with Gasteiger partial charge in [-0.3, -0.25) is 14.2 Å². The van der Waals surface area contributed by atoms with Gasteiger partial charge in [-0.05, 0) is 102 Å². The molecule has 0 unspecified atom stereocenters. The van der Waals surface area contributed by atoms with E-state index in [1.54, 1.807) is 48.6 Å². The van der Waals surface area contributed by atoms with Gasteiger partial charge in [0.1, 0.15) is 0 Å². The summed E-state index contributed by atoms with van der Waals surface area (Å²) in [4.78, 5) is 5.31. The number of para-hydroxylation sites is 1. The predicted octanol–water partition coefficient (Wildman–Crippen LogP) is 8.93. The quantitative estimate of drug-likeness (QED) is 0.0509. The van der Waals surface area contributed by atoms with Crippen LogP contribution >= 0.6 is 0 Å². The maximum atomic E-state index is 12.1. The molecule has 69 heavy (non-hydrogen) atoms. The minimum absolute atomic E-state index is 0.0235. The molecular weight excluding hydrogens is 933 g/mol. The van der Waals surface area contributed by atoms with Crippen LogP contribution in [0.3, 0.4) is 0 Å². The van der Waals surface area contributed by atoms with E-state index in [0.29, 0.717) is 46.7 Å². The summed E-state index contributed by atoms with van der Waals surface area (Å²) in [6.07, 6.45) is 13.6. The zero-order valence-electron chi connectivity index (χ0n) is 37.0. The summed E-state index contributed by atoms with van der Waals surface area (Å²) in [6.45, 7) is 7.70. The Hall–Kier alpha value is -9.08. The standard InChI is InChI=1S/C50H39N10O6S3/c1-56-47(34-55)49(36-20-24-43(25-21-36)58-68(3,63)64)40(31-52)13-9-11-38-17-16-37(50(38)60(45-14-6-5-7-15-45)46-28-26-44(27-29-46)59-69(4,65)66)10-8-12-39(30-51)48(41(32-53)33-54)35-18-22-42(23-19-35)57-67(2,61)62/h5-15,18-29,57-59H,16-17H2,2-4H3/q-1/b11-9+,12-8+,37-10+,40-13+,48-39-,49-47+. The van der Waals surface area contributed by atoms with Crippen molar-refractivity contribution in [3.8, 4) is 30.3 Å². The normalized spacial score (nSPS) is 14.3. The maximum Gasteiger partial charge on any atom is 0.270 e. The van der Waals surface area contributed by atoms with Crippen LogP contribution in [0, 0.1) is 69.1 Å². The molecule has 0 bridgehead atoms. The molecule has 0 amide bonds. The first-order valence-electron chi connectivity index (χ1n) is 20.1. The van der Waals surface area contributed by atoms with Gasteiger partial charge in [-0.25, -0.2) is 51.1 Å². The second-order valence-electron chi connectivity index (χ2n) is 14.9. The first kappa shape index (κ1) is 50.9. The lowest BCUT2D eigenvalue weighted by molar-refractivity contribution is 0.605. The highest BCUT2D eigenvalue weighted by Crippen LogP contribution is 2.42. The number of nitrogens with zero attached hydrogens (tertiary/aromatic N) is 7. The average molecular weight is 972 g/mol. The van der Waals surface area contributed by atoms with Crippen LogP contribution in [0.2, 0.25) is 0 Å². The summed E-state index contributed by atoms with van der Waals surface area (Å²) in [5.41, 5.74) is 4.51. The van der Waals surface area contributed by atoms with Crippen molar-refractivity contribution in [2.75, 3.05) is 37.8 Å². The molecule has 16 nitrogen and oxygen atoms in total. The third-order valence-electron chi connectivity index (χ3n) is 9.72. The highest BCUT2D eigenvalue weighted by molar-refractivity contribution is 7.92. The Morgan fingerprint density at radius 2 is 1.16 bits per heavy atom. The third-order valence-corrected chi connectivity index (χ3v) is 11.5. The van der Waals surface area contributed by atoms with Gasteiger partial charge in [0.05, 0.1) is 48.7 Å². The minimum Gasteiger partial charge on any atom is -0.310 e. The van der Waals surface area contributed by atoms with Crippen molar-refractivity contribution in [3.63, 3.8) is 0 Å². The van der Waals surface area contributed by atoms with E-state index >= 15 is 0 Å². The molecule has 1 aliphatic carbocycles. The molecule has 5 rings (SSSR count). The monoisotopic (exact) mass is 971 g/mol. The van der Waals surface area contributed by atoms with Gasteiger partial charge in [-0.15, -0.1) is 29.3 Å². The molecule has 0 aliphatic heterocycles. The fourth-order valence-corrected chi connectivity index (χ4v) is 8.73. The number of rotatable bonds is 17. The third kappa shape index (κ3) is 14.0. The number of nitriles is 5. The number of hydrogen-bond donors (Lipinski definition) is 3. The molecule has 19 heteroatoms. The maximum absolute atomic E-state index is 12.1. The van der Waals surface area contributed by atoms with Crippen molar-refractivity contribution in [1.29, 1.82) is 26.3 Å². The van der Waals surface area contributed by atoms with Crippen LogP contribution in [0.4, 0.5) is 28.4 Å². The number of allylic oxidation sites excluding steroid dienone is 13. The molecule has 0 saturated heterocycles. The zero-order chi connectivity index (χ0) is 50.4. The van der Waals surface area contributed by atoms with Crippen molar-refractivity contribution in [2.24, 2.45) is 0 Å². The predicted molar refractivity (Wildman–Crippen MR) is 266 cm³/mol. The Labute approximate surface area is 402 Å². The van der Waals surface area contributed by atoms with E-state index in [1.807, 2.05) is 53.4 Å². The molecule has 3 N–H and O–H groups in total. The van der Waals surface area contributed by atoms with Gasteiger partial charge in [0.2, 0.25) is 30.1 Å². The Morgan fingerprint density at radius 3 is 1.62 bits per heavy atom. The van der Waals surface area contributed by atoms with Gasteiger partial charge in [0, 0.05) is 58.1 Å². The molecule has 0 spiro atoms. The summed E-state index contributed by atoms with van der Waals surface area (Å²) in [6, 6.07) is 37.4. The fraction of sp³-hybridized carbons (Fsp3) is 0.100. The largest absolute Gasteiger partial charge is 0.310 e. The molecule has 0 radical (unpaired) electrons. The van der Waals surface area contributed by atoms with E-state index in [-0.39, 0.29) is 45.3 Å². The molecule has 344 valence electrons. The topological polar surface area (TPSA) is 265 Å². The number of nitrogens with one attached hydrogen (secondary N) is 3. The average Bonchev–Trinajstić information content (AvgIpc) is 3.69. The van der Waals surface area contributed by atoms with Crippen LogP contribution in [0.5, 0.6) is 0 Å². The SMILES string of the molecule is [C-]#[N+]/C(C#N)=C(/C(C#N)=C/C=C/C1=C(N(c2ccccc2)c2ccc(NS(C)(=O)=O)cc2)C(=C/C=C/C(C#N)=C(\c2ccc(NS(C)(=O)=O)cc2)[C-](C#N)C#N)/CC1)c1ccc(NS(C)(=O)=O)cc1. The van der Waals surface area contributed by atoms with E-state index in [2.05, 4.69) is 31.1 Å². The molecule has 1 aliphatic rings. The van der Waals surface area contributed by atoms with Crippen molar-refractivity contribution in [1.82, 2.24) is 0 Å². The van der Waals surface area contributed by atoms with Crippen molar-refractivity contribution in [2.45, 2.75) is 12.8 Å². The van der Waals surface area contributed by atoms with Crippen LogP contribution in [0.1, 0.15) is 24.0 Å². The van der Waals surface area contributed by atoms with E-state index in [1.165, 1.54) is 60.7 Å². The van der Waals surface area contributed by atoms with Crippen LogP contribution in [-0.4, -0.2) is 44.0 Å². The number of benzene rings is 4. The minimum atomic E-state index is -3.60. The highest BCUT2D eigenvalue weighted by Gasteiger charge is 2.26. The Morgan fingerprint density at radius 1 is 0.652 bits per heavy atom. The van der Waals surface area contributed by atoms with Crippen LogP contribution in [-0.2, 0) is 30.1 Å². The fourth-order valence-electron chi connectivity index (χ4n) is 7.04. The Kier molecular flexibility index (Phi) is 16.5. The van der Waals surface area contributed by atoms with Crippen molar-refractivity contribution >= 4 is 69.7 Å². The van der Waals surface area contributed by atoms with Gasteiger partial charge < -0.3 is 4.90 Å². The lowest BCUT2D eigenvalue weighted by atomic mass is 9.90. The lowest BCUT2D eigenvalue weighted by Crippen LogP contribution is -2.18. The molecule has 0 aromatic heterocycles. The van der Waals surface area contributed by atoms with Crippen LogP contribution in [0.25, 0.3) is 16.0 Å². The number of hydrogen-bond acceptors (Lipinski definition) is 12. The summed E-state index contributed by atoms with van der Waals surface area (Å²) >= 11 is 0. The molecular formula is C50H39N10O6S3-. The molecule has 0 heterocycles. The van der Waals surface area contributed by atoms with Gasteiger partial charge in [-0.1, -0.05) is 54.6 Å². The van der Waals surface area contributed by atoms with E-state index in [0.717, 1.165) is 29.9 Å². The summed E-state index contributed by atoms with van der Waals surface area (Å²) < 4.78 is 78.5. The Balaban J connectivity index is 1.70. The lowest BCUT2D eigenvalue weighted by Gasteiger charge is -2.28. The van der Waals surface area contributed by atoms with Gasteiger partial charge >= 0.3 is 0 Å². The van der Waals surface area contributed by atoms with E-state index < -0.39 is 30.1 Å². The number of anilines is 5. The molecule has 0 fully saturated rings. The zero-order valence-corrected chi connectivity index (χ0v) is 39.4. The van der Waals surface area contributed by atoms with Gasteiger partial charge in [0.25, 0.3) is 5.70 Å². The van der Waals surface area contributed by atoms with E-state index in [9.17, 15) is 51.6 Å². The van der Waals surface area contributed by atoms with Crippen LogP contribution < -0.4 is 19.1 Å². The summed E-state index contributed by atoms with van der Waals surface area (Å²) in [7, 11) is -10.8. The molecule has 0 atom stereocenters. The second kappa shape index (κ2) is 22.4. The highest BCUT2D eigenvalue weighted by atomic mass is 32.2. The summed E-state index contributed by atoms with van der Waals surface area (Å²) in [5, 5.41) is 50.6. The van der Waals surface area contributed by atoms with Crippen LogP contribution in [0.15, 0.2) is 173 Å². The molecule has 0 saturated carbocycles. The summed E-state index contributed by atoms with van der Waals surface area (Å²) in [5.74, 6) is -0.354. The Bertz CT molecular complexity index is 3450. The first-order valence-corrected chi connectivity index (χ1v) is 25.8. The van der Waals surface area contributed by atoms with Gasteiger partial charge in [-0.2, -0.15) is 5.26 Å². The molecule has 4 aromatic rings. The number of sulfonamides is 3.